The fraction of sp³-hybridized carbons (Fsp3) is 0.211. The number of carbonyl (C=O) groups is 1. The van der Waals surface area contributed by atoms with Crippen molar-refractivity contribution in [1.29, 1.82) is 0 Å². The summed E-state index contributed by atoms with van der Waals surface area (Å²) in [5.41, 5.74) is -1.56. The molecule has 2 rings (SSSR count). The predicted octanol–water partition coefficient (Wildman–Crippen LogP) is 7.93. The molecule has 0 saturated heterocycles. The molecule has 0 fully saturated rings. The van der Waals surface area contributed by atoms with Crippen LogP contribution in [-0.2, 0) is 6.18 Å². The molecular weight excluding hydrogens is 446 g/mol. The lowest BCUT2D eigenvalue weighted by Gasteiger charge is -2.15. The van der Waals surface area contributed by atoms with Crippen LogP contribution in [0.3, 0.4) is 0 Å². The van der Waals surface area contributed by atoms with Crippen LogP contribution in [0.5, 0.6) is 0 Å². The van der Waals surface area contributed by atoms with E-state index in [0.29, 0.717) is 0 Å². The summed E-state index contributed by atoms with van der Waals surface area (Å²) < 4.78 is 66.5. The molecule has 1 atom stereocenters. The summed E-state index contributed by atoms with van der Waals surface area (Å²) in [5.74, 6) is -2.23. The normalized spacial score (nSPS) is 13.4. The van der Waals surface area contributed by atoms with E-state index in [9.17, 15) is 26.7 Å². The minimum atomic E-state index is -4.76. The molecule has 0 amide bonds. The third kappa shape index (κ3) is 5.25. The second kappa shape index (κ2) is 8.80. The van der Waals surface area contributed by atoms with E-state index in [0.717, 1.165) is 31.2 Å². The zero-order valence-electron chi connectivity index (χ0n) is 14.1. The zero-order valence-corrected chi connectivity index (χ0v) is 16.4. The Balaban J connectivity index is 2.45. The van der Waals surface area contributed by atoms with Crippen LogP contribution in [-0.4, -0.2) is 12.2 Å². The second-order valence-corrected chi connectivity index (χ2v) is 7.07. The van der Waals surface area contributed by atoms with Crippen molar-refractivity contribution >= 4 is 46.7 Å². The number of carbonyl (C=O) groups excluding carboxylic acids is 1. The summed E-state index contributed by atoms with van der Waals surface area (Å²) in [6.07, 6.45) is -5.47. The lowest BCUT2D eigenvalue weighted by atomic mass is 9.96. The van der Waals surface area contributed by atoms with Gasteiger partial charge in [0, 0.05) is 5.56 Å². The SMILES string of the molecule is CC(=O)c1ccc(/C=C/C(c2cc(Cl)c(Cl)c(Cl)c2)C(F)F)cc1C(F)(F)F. The largest absolute Gasteiger partial charge is 0.417 e. The van der Waals surface area contributed by atoms with Crippen LogP contribution in [0.2, 0.25) is 15.1 Å². The maximum Gasteiger partial charge on any atom is 0.417 e. The Labute approximate surface area is 172 Å². The summed E-state index contributed by atoms with van der Waals surface area (Å²) in [5, 5.41) is -0.0273. The van der Waals surface area contributed by atoms with Crippen LogP contribution >= 0.6 is 34.8 Å². The quantitative estimate of drug-likeness (QED) is 0.253. The molecule has 0 spiro atoms. The molecule has 9 heteroatoms. The van der Waals surface area contributed by atoms with E-state index in [1.54, 1.807) is 0 Å². The molecule has 0 saturated carbocycles. The smallest absolute Gasteiger partial charge is 0.294 e. The fourth-order valence-corrected chi connectivity index (χ4v) is 3.14. The van der Waals surface area contributed by atoms with Crippen molar-refractivity contribution in [2.24, 2.45) is 0 Å². The van der Waals surface area contributed by atoms with Gasteiger partial charge in [0.05, 0.1) is 26.5 Å². The number of Topliss-reactive ketones (excluding diaryl/α,β-unsaturated/α-hetero) is 1. The van der Waals surface area contributed by atoms with Gasteiger partial charge in [-0.05, 0) is 36.2 Å². The molecule has 0 aliphatic carbocycles. The first kappa shape index (κ1) is 22.7. The fourth-order valence-electron chi connectivity index (χ4n) is 2.53. The molecule has 2 aromatic rings. The average Bonchev–Trinajstić information content (AvgIpc) is 2.58. The Hall–Kier alpha value is -1.63. The zero-order chi connectivity index (χ0) is 21.2. The van der Waals surface area contributed by atoms with Crippen LogP contribution in [0.1, 0.15) is 39.9 Å². The highest BCUT2D eigenvalue weighted by Crippen LogP contribution is 2.37. The first-order valence-electron chi connectivity index (χ1n) is 7.74. The first-order chi connectivity index (χ1) is 12.9. The van der Waals surface area contributed by atoms with E-state index in [1.165, 1.54) is 18.2 Å². The summed E-state index contributed by atoms with van der Waals surface area (Å²) >= 11 is 17.5. The van der Waals surface area contributed by atoms with Crippen LogP contribution in [0, 0.1) is 0 Å². The Kier molecular flexibility index (Phi) is 7.12. The van der Waals surface area contributed by atoms with Crippen molar-refractivity contribution in [3.8, 4) is 0 Å². The molecule has 2 aromatic carbocycles. The van der Waals surface area contributed by atoms with Gasteiger partial charge in [-0.25, -0.2) is 8.78 Å². The Morgan fingerprint density at radius 1 is 1.04 bits per heavy atom. The molecule has 0 bridgehead atoms. The van der Waals surface area contributed by atoms with Gasteiger partial charge in [-0.2, -0.15) is 13.2 Å². The minimum Gasteiger partial charge on any atom is -0.294 e. The molecule has 1 unspecified atom stereocenters. The van der Waals surface area contributed by atoms with Gasteiger partial charge in [-0.15, -0.1) is 0 Å². The van der Waals surface area contributed by atoms with Gasteiger partial charge in [0.15, 0.2) is 5.78 Å². The van der Waals surface area contributed by atoms with Gasteiger partial charge in [0.1, 0.15) is 0 Å². The molecular formula is C19H12Cl3F5O. The number of allylic oxidation sites excluding steroid dienone is 1. The first-order valence-corrected chi connectivity index (χ1v) is 8.88. The molecule has 0 aliphatic heterocycles. The predicted molar refractivity (Wildman–Crippen MR) is 101 cm³/mol. The van der Waals surface area contributed by atoms with Crippen LogP contribution in [0.4, 0.5) is 22.0 Å². The average molecular weight is 458 g/mol. The number of rotatable bonds is 5. The molecule has 150 valence electrons. The highest BCUT2D eigenvalue weighted by molar-refractivity contribution is 6.48. The van der Waals surface area contributed by atoms with E-state index in [2.05, 4.69) is 0 Å². The molecule has 28 heavy (non-hydrogen) atoms. The molecule has 0 heterocycles. The summed E-state index contributed by atoms with van der Waals surface area (Å²) in [4.78, 5) is 11.4. The Morgan fingerprint density at radius 2 is 1.61 bits per heavy atom. The lowest BCUT2D eigenvalue weighted by Crippen LogP contribution is -2.12. The van der Waals surface area contributed by atoms with Crippen molar-refractivity contribution in [1.82, 2.24) is 0 Å². The van der Waals surface area contributed by atoms with E-state index in [1.807, 2.05) is 0 Å². The van der Waals surface area contributed by atoms with Gasteiger partial charge in [0.2, 0.25) is 6.43 Å². The van der Waals surface area contributed by atoms with Crippen LogP contribution < -0.4 is 0 Å². The number of alkyl halides is 5. The van der Waals surface area contributed by atoms with E-state index in [-0.39, 0.29) is 26.2 Å². The molecule has 0 radical (unpaired) electrons. The van der Waals surface area contributed by atoms with Gasteiger partial charge in [-0.3, -0.25) is 4.79 Å². The minimum absolute atomic E-state index is 0.00846. The third-order valence-corrected chi connectivity index (χ3v) is 5.08. The van der Waals surface area contributed by atoms with Crippen molar-refractivity contribution in [3.05, 3.63) is 73.7 Å². The lowest BCUT2D eigenvalue weighted by molar-refractivity contribution is -0.137. The van der Waals surface area contributed by atoms with Gasteiger partial charge in [0.25, 0.3) is 0 Å². The number of hydrogen-bond acceptors (Lipinski definition) is 1. The third-order valence-electron chi connectivity index (χ3n) is 3.89. The molecule has 0 aliphatic rings. The number of hydrogen-bond donors (Lipinski definition) is 0. The second-order valence-electron chi connectivity index (χ2n) is 5.88. The van der Waals surface area contributed by atoms with Gasteiger partial charge < -0.3 is 0 Å². The summed E-state index contributed by atoms with van der Waals surface area (Å²) in [7, 11) is 0. The Morgan fingerprint density at radius 3 is 2.07 bits per heavy atom. The molecule has 1 nitrogen and oxygen atoms in total. The Bertz CT molecular complexity index is 899. The van der Waals surface area contributed by atoms with Crippen LogP contribution in [0.15, 0.2) is 36.4 Å². The van der Waals surface area contributed by atoms with Crippen LogP contribution in [0.25, 0.3) is 6.08 Å². The number of halogens is 8. The molecule has 0 N–H and O–H groups in total. The van der Waals surface area contributed by atoms with Crippen molar-refractivity contribution in [2.75, 3.05) is 0 Å². The maximum absolute atomic E-state index is 13.5. The van der Waals surface area contributed by atoms with Gasteiger partial charge in [-0.1, -0.05) is 59.1 Å². The van der Waals surface area contributed by atoms with Crippen molar-refractivity contribution < 1.29 is 26.7 Å². The number of benzene rings is 2. The standard InChI is InChI=1S/C19H12Cl3F5O/c1-9(28)12-4-2-10(6-14(12)19(25,26)27)3-5-13(18(23)24)11-7-15(20)17(22)16(21)8-11/h2-8,13,18H,1H3/b5-3+. The van der Waals surface area contributed by atoms with E-state index < -0.39 is 35.4 Å². The number of ketones is 1. The van der Waals surface area contributed by atoms with Crippen molar-refractivity contribution in [3.63, 3.8) is 0 Å². The topological polar surface area (TPSA) is 17.1 Å². The van der Waals surface area contributed by atoms with E-state index in [4.69, 9.17) is 34.8 Å². The van der Waals surface area contributed by atoms with E-state index >= 15 is 0 Å². The maximum atomic E-state index is 13.5. The van der Waals surface area contributed by atoms with Gasteiger partial charge >= 0.3 is 6.18 Å². The highest BCUT2D eigenvalue weighted by atomic mass is 35.5. The van der Waals surface area contributed by atoms with Crippen molar-refractivity contribution in [2.45, 2.75) is 25.4 Å². The molecule has 0 aromatic heterocycles. The summed E-state index contributed by atoms with van der Waals surface area (Å²) in [6.45, 7) is 1.01. The summed E-state index contributed by atoms with van der Waals surface area (Å²) in [6, 6.07) is 5.43. The highest BCUT2D eigenvalue weighted by Gasteiger charge is 2.34. The monoisotopic (exact) mass is 456 g/mol.